The maximum atomic E-state index is 13.1. The van der Waals surface area contributed by atoms with E-state index >= 15 is 0 Å². The Morgan fingerprint density at radius 3 is 2.86 bits per heavy atom. The zero-order valence-electron chi connectivity index (χ0n) is 12.1. The first-order valence-electron chi connectivity index (χ1n) is 6.58. The summed E-state index contributed by atoms with van der Waals surface area (Å²) >= 11 is 0. The lowest BCUT2D eigenvalue weighted by atomic mass is 10.3. The molecule has 0 unspecified atom stereocenters. The molecule has 3 rings (SSSR count). The summed E-state index contributed by atoms with van der Waals surface area (Å²) in [4.78, 5) is 4.35. The monoisotopic (exact) mass is 303 g/mol. The van der Waals surface area contributed by atoms with Crippen LogP contribution in [0.15, 0.2) is 40.8 Å². The topological polar surface area (TPSA) is 62.3 Å². The van der Waals surface area contributed by atoms with Gasteiger partial charge in [0.1, 0.15) is 18.2 Å². The number of aryl methyl sites for hydroxylation is 1. The first kappa shape index (κ1) is 14.1. The second-order valence-electron chi connectivity index (χ2n) is 4.54. The van der Waals surface area contributed by atoms with Crippen molar-refractivity contribution in [2.24, 2.45) is 7.05 Å². The van der Waals surface area contributed by atoms with Crippen LogP contribution >= 0.6 is 0 Å². The maximum absolute atomic E-state index is 13.1. The highest BCUT2D eigenvalue weighted by Gasteiger charge is 2.14. The Bertz CT molecular complexity index is 782. The smallest absolute Gasteiger partial charge is 0.284 e. The molecule has 0 aliphatic rings. The summed E-state index contributed by atoms with van der Waals surface area (Å²) in [5.41, 5.74) is 0. The van der Waals surface area contributed by atoms with Crippen LogP contribution in [0.2, 0.25) is 0 Å². The summed E-state index contributed by atoms with van der Waals surface area (Å²) in [6.07, 6.45) is 0. The third-order valence-corrected chi connectivity index (χ3v) is 2.97. The molecular formula is C15H14FN3O3. The number of nitrogens with zero attached hydrogens (tertiary/aromatic N) is 3. The standard InChI is InChI=1S/C15H14FN3O3/c1-19-15(12-6-7-14(20-2)22-12)17-13(18-19)9-21-11-5-3-4-10(16)8-11/h3-8H,9H2,1-2H3. The van der Waals surface area contributed by atoms with Gasteiger partial charge in [0, 0.05) is 19.2 Å². The Morgan fingerprint density at radius 1 is 1.27 bits per heavy atom. The normalized spacial score (nSPS) is 10.7. The van der Waals surface area contributed by atoms with E-state index in [1.54, 1.807) is 36.0 Å². The Hall–Kier alpha value is -2.83. The number of aromatic nitrogens is 3. The van der Waals surface area contributed by atoms with Crippen LogP contribution in [-0.2, 0) is 13.7 Å². The molecule has 0 fully saturated rings. The zero-order valence-corrected chi connectivity index (χ0v) is 12.1. The molecule has 2 heterocycles. The summed E-state index contributed by atoms with van der Waals surface area (Å²) in [6.45, 7) is 0.134. The van der Waals surface area contributed by atoms with E-state index in [4.69, 9.17) is 13.9 Å². The Morgan fingerprint density at radius 2 is 2.14 bits per heavy atom. The van der Waals surface area contributed by atoms with Gasteiger partial charge in [-0.05, 0) is 18.2 Å². The van der Waals surface area contributed by atoms with Gasteiger partial charge in [-0.15, -0.1) is 0 Å². The Kier molecular flexibility index (Phi) is 3.78. The fourth-order valence-electron chi connectivity index (χ4n) is 1.97. The maximum Gasteiger partial charge on any atom is 0.284 e. The van der Waals surface area contributed by atoms with Crippen LogP contribution in [0.1, 0.15) is 5.82 Å². The van der Waals surface area contributed by atoms with Crippen molar-refractivity contribution in [2.75, 3.05) is 7.11 Å². The van der Waals surface area contributed by atoms with Crippen LogP contribution in [0.3, 0.4) is 0 Å². The van der Waals surface area contributed by atoms with Gasteiger partial charge in [-0.1, -0.05) is 6.07 Å². The number of hydrogen-bond acceptors (Lipinski definition) is 5. The molecule has 0 spiro atoms. The average molecular weight is 303 g/mol. The number of hydrogen-bond donors (Lipinski definition) is 0. The molecule has 0 aliphatic heterocycles. The fourth-order valence-corrected chi connectivity index (χ4v) is 1.97. The van der Waals surface area contributed by atoms with Crippen molar-refractivity contribution in [2.45, 2.75) is 6.61 Å². The van der Waals surface area contributed by atoms with Gasteiger partial charge >= 0.3 is 0 Å². The minimum Gasteiger partial charge on any atom is -0.485 e. The van der Waals surface area contributed by atoms with Crippen LogP contribution in [0, 0.1) is 5.82 Å². The zero-order chi connectivity index (χ0) is 15.5. The number of benzene rings is 1. The van der Waals surface area contributed by atoms with Gasteiger partial charge in [0.2, 0.25) is 0 Å². The van der Waals surface area contributed by atoms with Crippen molar-refractivity contribution in [3.8, 4) is 23.3 Å². The van der Waals surface area contributed by atoms with E-state index in [0.29, 0.717) is 29.1 Å². The Labute approximate surface area is 126 Å². The highest BCUT2D eigenvalue weighted by atomic mass is 19.1. The molecule has 7 heteroatoms. The van der Waals surface area contributed by atoms with Crippen LogP contribution in [0.4, 0.5) is 4.39 Å². The quantitative estimate of drug-likeness (QED) is 0.725. The summed E-state index contributed by atoms with van der Waals surface area (Å²) in [5.74, 6) is 2.04. The second kappa shape index (κ2) is 5.88. The molecule has 0 atom stereocenters. The van der Waals surface area contributed by atoms with Crippen molar-refractivity contribution >= 4 is 0 Å². The number of halogens is 1. The van der Waals surface area contributed by atoms with E-state index < -0.39 is 0 Å². The van der Waals surface area contributed by atoms with Gasteiger partial charge < -0.3 is 13.9 Å². The lowest BCUT2D eigenvalue weighted by Gasteiger charge is -2.02. The van der Waals surface area contributed by atoms with E-state index in [1.807, 2.05) is 0 Å². The Balaban J connectivity index is 1.74. The third kappa shape index (κ3) is 2.93. The van der Waals surface area contributed by atoms with Crippen LogP contribution in [0.5, 0.6) is 11.7 Å². The summed E-state index contributed by atoms with van der Waals surface area (Å²) in [6, 6.07) is 9.36. The molecule has 0 saturated heterocycles. The van der Waals surface area contributed by atoms with Gasteiger partial charge in [-0.2, -0.15) is 5.10 Å². The molecule has 0 saturated carbocycles. The molecule has 6 nitrogen and oxygen atoms in total. The molecule has 1 aromatic carbocycles. The molecule has 0 radical (unpaired) electrons. The fraction of sp³-hybridized carbons (Fsp3) is 0.200. The predicted molar refractivity (Wildman–Crippen MR) is 76.0 cm³/mol. The van der Waals surface area contributed by atoms with Gasteiger partial charge in [0.15, 0.2) is 17.4 Å². The van der Waals surface area contributed by atoms with Gasteiger partial charge in [-0.3, -0.25) is 0 Å². The van der Waals surface area contributed by atoms with E-state index in [9.17, 15) is 4.39 Å². The molecular weight excluding hydrogens is 289 g/mol. The van der Waals surface area contributed by atoms with Gasteiger partial charge in [0.25, 0.3) is 5.95 Å². The molecule has 0 amide bonds. The van der Waals surface area contributed by atoms with Gasteiger partial charge in [-0.25, -0.2) is 14.1 Å². The molecule has 0 aliphatic carbocycles. The number of ether oxygens (including phenoxy) is 2. The predicted octanol–water partition coefficient (Wildman–Crippen LogP) is 2.80. The van der Waals surface area contributed by atoms with Crippen molar-refractivity contribution in [1.29, 1.82) is 0 Å². The second-order valence-corrected chi connectivity index (χ2v) is 4.54. The molecule has 0 N–H and O–H groups in total. The molecule has 3 aromatic rings. The molecule has 22 heavy (non-hydrogen) atoms. The highest BCUT2D eigenvalue weighted by Crippen LogP contribution is 2.24. The van der Waals surface area contributed by atoms with Crippen molar-refractivity contribution in [1.82, 2.24) is 14.8 Å². The van der Waals surface area contributed by atoms with Crippen LogP contribution in [-0.4, -0.2) is 21.9 Å². The van der Waals surface area contributed by atoms with Gasteiger partial charge in [0.05, 0.1) is 7.11 Å². The van der Waals surface area contributed by atoms with Crippen LogP contribution in [0.25, 0.3) is 11.6 Å². The van der Waals surface area contributed by atoms with E-state index in [1.165, 1.54) is 19.2 Å². The molecule has 2 aromatic heterocycles. The van der Waals surface area contributed by atoms with Crippen LogP contribution < -0.4 is 9.47 Å². The van der Waals surface area contributed by atoms with E-state index in [0.717, 1.165) is 0 Å². The summed E-state index contributed by atoms with van der Waals surface area (Å²) in [5, 5.41) is 4.25. The lowest BCUT2D eigenvalue weighted by molar-refractivity contribution is 0.294. The third-order valence-electron chi connectivity index (χ3n) is 2.97. The number of furan rings is 1. The average Bonchev–Trinajstić information content (AvgIpc) is 3.11. The van der Waals surface area contributed by atoms with Crippen molar-refractivity contribution < 1.29 is 18.3 Å². The summed E-state index contributed by atoms with van der Waals surface area (Å²) in [7, 11) is 3.28. The summed E-state index contributed by atoms with van der Waals surface area (Å²) < 4.78 is 30.6. The van der Waals surface area contributed by atoms with E-state index in [-0.39, 0.29) is 12.4 Å². The first-order chi connectivity index (χ1) is 10.7. The lowest BCUT2D eigenvalue weighted by Crippen LogP contribution is -1.99. The molecule has 0 bridgehead atoms. The SMILES string of the molecule is COc1ccc(-c2nc(COc3cccc(F)c3)nn2C)o1. The van der Waals surface area contributed by atoms with Crippen molar-refractivity contribution in [3.05, 3.63) is 48.0 Å². The van der Waals surface area contributed by atoms with Crippen molar-refractivity contribution in [3.63, 3.8) is 0 Å². The largest absolute Gasteiger partial charge is 0.485 e. The minimum absolute atomic E-state index is 0.134. The number of methoxy groups -OCH3 is 1. The molecule has 114 valence electrons. The highest BCUT2D eigenvalue weighted by molar-refractivity contribution is 5.48. The first-order valence-corrected chi connectivity index (χ1v) is 6.58. The number of rotatable bonds is 5. The van der Waals surface area contributed by atoms with E-state index in [2.05, 4.69) is 10.1 Å². The minimum atomic E-state index is -0.352.